The van der Waals surface area contributed by atoms with Crippen molar-refractivity contribution in [3.05, 3.63) is 94.0 Å². The van der Waals surface area contributed by atoms with E-state index in [1.807, 2.05) is 19.1 Å². The zero-order chi connectivity index (χ0) is 22.5. The minimum Gasteiger partial charge on any atom is -0.355 e. The van der Waals surface area contributed by atoms with Crippen LogP contribution in [0.4, 0.5) is 20.2 Å². The Kier molecular flexibility index (Phi) is 7.02. The maximum atomic E-state index is 14.5. The molecule has 1 N–H and O–H groups in total. The molecule has 3 rings (SSSR count). The van der Waals surface area contributed by atoms with Gasteiger partial charge in [0, 0.05) is 42.9 Å². The molecule has 0 bridgehead atoms. The molecule has 0 unspecified atom stereocenters. The van der Waals surface area contributed by atoms with Gasteiger partial charge in [0.05, 0.1) is 10.7 Å². The Morgan fingerprint density at radius 3 is 2.39 bits per heavy atom. The number of hydrogen-bond acceptors (Lipinski definition) is 3. The predicted octanol–water partition coefficient (Wildman–Crippen LogP) is 5.43. The summed E-state index contributed by atoms with van der Waals surface area (Å²) in [6, 6.07) is 15.3. The fourth-order valence-electron chi connectivity index (χ4n) is 3.26. The van der Waals surface area contributed by atoms with Gasteiger partial charge in [0.1, 0.15) is 11.6 Å². The van der Waals surface area contributed by atoms with Crippen molar-refractivity contribution in [1.29, 1.82) is 0 Å². The average Bonchev–Trinajstić information content (AvgIpc) is 2.71. The van der Waals surface area contributed by atoms with E-state index in [1.54, 1.807) is 35.2 Å². The number of hydrogen-bond donors (Lipinski definition) is 1. The Morgan fingerprint density at radius 2 is 1.74 bits per heavy atom. The number of nitrogens with one attached hydrogen (secondary N) is 1. The molecule has 0 saturated heterocycles. The zero-order valence-corrected chi connectivity index (χ0v) is 17.8. The molecular weight excluding hydrogens is 422 g/mol. The van der Waals surface area contributed by atoms with E-state index in [2.05, 4.69) is 5.32 Å². The first-order chi connectivity index (χ1) is 14.8. The molecule has 0 aliphatic carbocycles. The monoisotopic (exact) mass is 442 g/mol. The third-order valence-electron chi connectivity index (χ3n) is 4.81. The van der Waals surface area contributed by atoms with Gasteiger partial charge in [0.2, 0.25) is 5.91 Å². The van der Waals surface area contributed by atoms with Crippen LogP contribution in [0.25, 0.3) is 0 Å². The van der Waals surface area contributed by atoms with Gasteiger partial charge in [-0.05, 0) is 42.8 Å². The normalized spacial score (nSPS) is 10.6. The second-order valence-corrected chi connectivity index (χ2v) is 7.45. The van der Waals surface area contributed by atoms with Gasteiger partial charge >= 0.3 is 0 Å². The van der Waals surface area contributed by atoms with E-state index in [9.17, 15) is 18.4 Å². The summed E-state index contributed by atoms with van der Waals surface area (Å²) in [6.07, 6.45) is 0. The smallest absolute Gasteiger partial charge is 0.216 e. The summed E-state index contributed by atoms with van der Waals surface area (Å²) in [5, 5.41) is 2.86. The fourth-order valence-corrected chi connectivity index (χ4v) is 3.52. The number of carbonyl (C=O) groups excluding carboxylic acids is 2. The highest BCUT2D eigenvalue weighted by atomic mass is 35.5. The number of anilines is 2. The maximum Gasteiger partial charge on any atom is 0.216 e. The van der Waals surface area contributed by atoms with Gasteiger partial charge in [-0.2, -0.15) is 0 Å². The molecule has 7 heteroatoms. The van der Waals surface area contributed by atoms with Crippen molar-refractivity contribution in [1.82, 2.24) is 5.32 Å². The minimum absolute atomic E-state index is 0.126. The summed E-state index contributed by atoms with van der Waals surface area (Å²) in [5.41, 5.74) is 2.33. The van der Waals surface area contributed by atoms with E-state index in [-0.39, 0.29) is 35.5 Å². The number of benzene rings is 3. The van der Waals surface area contributed by atoms with Crippen LogP contribution in [0.2, 0.25) is 5.02 Å². The molecule has 0 heterocycles. The molecular formula is C24H21ClF2N2O2. The lowest BCUT2D eigenvalue weighted by molar-refractivity contribution is -0.118. The van der Waals surface area contributed by atoms with E-state index in [1.165, 1.54) is 13.0 Å². The molecule has 0 atom stereocenters. The number of rotatable bonds is 7. The lowest BCUT2D eigenvalue weighted by Gasteiger charge is -2.26. The molecule has 4 nitrogen and oxygen atoms in total. The van der Waals surface area contributed by atoms with Crippen LogP contribution in [0.5, 0.6) is 0 Å². The van der Waals surface area contributed by atoms with Crippen molar-refractivity contribution < 1.29 is 18.4 Å². The Labute approximate surface area is 184 Å². The van der Waals surface area contributed by atoms with E-state index >= 15 is 0 Å². The van der Waals surface area contributed by atoms with Crippen molar-refractivity contribution in [3.8, 4) is 0 Å². The van der Waals surface area contributed by atoms with Crippen molar-refractivity contribution in [2.45, 2.75) is 13.8 Å². The topological polar surface area (TPSA) is 49.4 Å². The molecule has 160 valence electrons. The predicted molar refractivity (Wildman–Crippen MR) is 118 cm³/mol. The Morgan fingerprint density at radius 1 is 1.00 bits per heavy atom. The van der Waals surface area contributed by atoms with Crippen molar-refractivity contribution in [2.24, 2.45) is 0 Å². The number of halogens is 3. The van der Waals surface area contributed by atoms with Gasteiger partial charge in [0.15, 0.2) is 5.78 Å². The number of aryl methyl sites for hydroxylation is 1. The lowest BCUT2D eigenvalue weighted by atomic mass is 9.99. The largest absolute Gasteiger partial charge is 0.355 e. The average molecular weight is 443 g/mol. The van der Waals surface area contributed by atoms with Crippen LogP contribution in [0.3, 0.4) is 0 Å². The molecule has 0 aliphatic heterocycles. The highest BCUT2D eigenvalue weighted by molar-refractivity contribution is 6.35. The number of ketones is 1. The van der Waals surface area contributed by atoms with Gasteiger partial charge in [-0.25, -0.2) is 8.78 Å². The summed E-state index contributed by atoms with van der Waals surface area (Å²) in [6.45, 7) is 3.67. The third-order valence-corrected chi connectivity index (χ3v) is 5.12. The van der Waals surface area contributed by atoms with E-state index in [0.29, 0.717) is 16.8 Å². The lowest BCUT2D eigenvalue weighted by Crippen LogP contribution is -2.31. The number of amides is 1. The summed E-state index contributed by atoms with van der Waals surface area (Å²) in [7, 11) is 0. The van der Waals surface area contributed by atoms with Crippen LogP contribution in [0.15, 0.2) is 60.7 Å². The van der Waals surface area contributed by atoms with Gasteiger partial charge in [-0.1, -0.05) is 35.9 Å². The summed E-state index contributed by atoms with van der Waals surface area (Å²) < 4.78 is 27.9. The maximum absolute atomic E-state index is 14.5. The number of nitrogens with zero attached hydrogens (tertiary/aromatic N) is 1. The van der Waals surface area contributed by atoms with Crippen molar-refractivity contribution in [2.75, 3.05) is 18.0 Å². The van der Waals surface area contributed by atoms with E-state index < -0.39 is 11.6 Å². The zero-order valence-electron chi connectivity index (χ0n) is 17.1. The van der Waals surface area contributed by atoms with Crippen molar-refractivity contribution >= 4 is 34.7 Å². The first kappa shape index (κ1) is 22.4. The molecule has 0 aromatic heterocycles. The molecule has 0 spiro atoms. The molecule has 1 amide bonds. The second kappa shape index (κ2) is 9.71. The van der Waals surface area contributed by atoms with E-state index in [4.69, 9.17) is 11.6 Å². The quantitative estimate of drug-likeness (QED) is 0.496. The van der Waals surface area contributed by atoms with Gasteiger partial charge in [-0.3, -0.25) is 9.59 Å². The Balaban J connectivity index is 1.97. The summed E-state index contributed by atoms with van der Waals surface area (Å²) >= 11 is 6.44. The van der Waals surface area contributed by atoms with Crippen LogP contribution in [0, 0.1) is 18.6 Å². The number of carbonyl (C=O) groups is 2. The van der Waals surface area contributed by atoms with Crippen molar-refractivity contribution in [3.63, 3.8) is 0 Å². The van der Waals surface area contributed by atoms with Crippen LogP contribution in [-0.2, 0) is 4.79 Å². The van der Waals surface area contributed by atoms with Gasteiger partial charge in [0.25, 0.3) is 0 Å². The molecule has 3 aromatic rings. The SMILES string of the molecule is CC(=O)NCCN(c1ccc(C(=O)c2ccccc2C)c(Cl)c1)c1ccc(F)cc1F. The van der Waals surface area contributed by atoms with Gasteiger partial charge in [-0.15, -0.1) is 0 Å². The molecule has 3 aromatic carbocycles. The highest BCUT2D eigenvalue weighted by Gasteiger charge is 2.19. The summed E-state index contributed by atoms with van der Waals surface area (Å²) in [5.74, 6) is -1.89. The van der Waals surface area contributed by atoms with Crippen LogP contribution in [-0.4, -0.2) is 24.8 Å². The fraction of sp³-hybridized carbons (Fsp3) is 0.167. The molecule has 0 saturated carbocycles. The van der Waals surface area contributed by atoms with E-state index in [0.717, 1.165) is 17.7 Å². The van der Waals surface area contributed by atoms with Gasteiger partial charge < -0.3 is 10.2 Å². The third kappa shape index (κ3) is 5.27. The van der Waals surface area contributed by atoms with Crippen LogP contribution < -0.4 is 10.2 Å². The minimum atomic E-state index is -0.751. The first-order valence-corrected chi connectivity index (χ1v) is 10.0. The second-order valence-electron chi connectivity index (χ2n) is 7.04. The summed E-state index contributed by atoms with van der Waals surface area (Å²) in [4.78, 5) is 25.7. The Bertz CT molecular complexity index is 1130. The molecule has 0 fully saturated rings. The molecule has 31 heavy (non-hydrogen) atoms. The first-order valence-electron chi connectivity index (χ1n) is 9.65. The molecule has 0 aliphatic rings. The Hall–Kier alpha value is -3.25. The highest BCUT2D eigenvalue weighted by Crippen LogP contribution is 2.32. The van der Waals surface area contributed by atoms with Crippen LogP contribution >= 0.6 is 11.6 Å². The standard InChI is InChI=1S/C24H21ClF2N2O2/c1-15-5-3-4-6-19(15)24(31)20-9-8-18(14-21(20)25)29(12-11-28-16(2)30)23-10-7-17(26)13-22(23)27/h3-10,13-14H,11-12H2,1-2H3,(H,28,30). The molecule has 0 radical (unpaired) electrons. The van der Waals surface area contributed by atoms with Crippen LogP contribution in [0.1, 0.15) is 28.4 Å².